The number of esters is 1. The summed E-state index contributed by atoms with van der Waals surface area (Å²) in [5.41, 5.74) is -0.308. The minimum absolute atomic E-state index is 0.0465. The van der Waals surface area contributed by atoms with Crippen LogP contribution in [0.25, 0.3) is 0 Å². The molecule has 1 saturated carbocycles. The Hall–Kier alpha value is -2.00. The molecular formula is C17H20FNO6S. The molecule has 26 heavy (non-hydrogen) atoms. The number of rotatable bonds is 4. The molecule has 3 atom stereocenters. The van der Waals surface area contributed by atoms with E-state index in [1.54, 1.807) is 0 Å². The van der Waals surface area contributed by atoms with Crippen molar-refractivity contribution in [3.63, 3.8) is 0 Å². The highest BCUT2D eigenvalue weighted by Crippen LogP contribution is 2.43. The van der Waals surface area contributed by atoms with E-state index in [2.05, 4.69) is 4.74 Å². The fourth-order valence-electron chi connectivity index (χ4n) is 4.08. The molecule has 1 aliphatic heterocycles. The molecule has 3 unspecified atom stereocenters. The molecule has 1 aliphatic carbocycles. The van der Waals surface area contributed by atoms with E-state index in [0.29, 0.717) is 6.42 Å². The van der Waals surface area contributed by atoms with Crippen molar-refractivity contribution in [3.05, 3.63) is 29.6 Å². The normalized spacial score (nSPS) is 26.3. The van der Waals surface area contributed by atoms with Gasteiger partial charge in [0.1, 0.15) is 11.9 Å². The monoisotopic (exact) mass is 385 g/mol. The van der Waals surface area contributed by atoms with Crippen LogP contribution in [0.5, 0.6) is 0 Å². The van der Waals surface area contributed by atoms with Gasteiger partial charge in [-0.1, -0.05) is 12.8 Å². The second-order valence-corrected chi connectivity index (χ2v) is 8.48. The van der Waals surface area contributed by atoms with E-state index in [1.807, 2.05) is 0 Å². The van der Waals surface area contributed by atoms with Crippen molar-refractivity contribution in [1.29, 1.82) is 0 Å². The van der Waals surface area contributed by atoms with Gasteiger partial charge < -0.3 is 9.84 Å². The molecule has 9 heteroatoms. The molecule has 1 N–H and O–H groups in total. The van der Waals surface area contributed by atoms with Gasteiger partial charge >= 0.3 is 11.9 Å². The molecule has 1 aromatic rings. The number of carbonyl (C=O) groups excluding carboxylic acids is 1. The Morgan fingerprint density at radius 1 is 1.27 bits per heavy atom. The van der Waals surface area contributed by atoms with E-state index in [-0.39, 0.29) is 17.9 Å². The van der Waals surface area contributed by atoms with Crippen molar-refractivity contribution < 1.29 is 32.2 Å². The summed E-state index contributed by atoms with van der Waals surface area (Å²) in [7, 11) is -3.31. The third-order valence-electron chi connectivity index (χ3n) is 5.22. The maximum Gasteiger partial charge on any atom is 0.339 e. The van der Waals surface area contributed by atoms with Crippen LogP contribution < -0.4 is 0 Å². The molecule has 2 aliphatic rings. The molecule has 7 nitrogen and oxygen atoms in total. The molecule has 2 fully saturated rings. The van der Waals surface area contributed by atoms with Crippen LogP contribution in [-0.4, -0.2) is 49.0 Å². The number of halogens is 1. The number of benzene rings is 1. The average molecular weight is 385 g/mol. The summed E-state index contributed by atoms with van der Waals surface area (Å²) >= 11 is 0. The molecular weight excluding hydrogens is 365 g/mol. The van der Waals surface area contributed by atoms with Gasteiger partial charge in [0.15, 0.2) is 0 Å². The van der Waals surface area contributed by atoms with Crippen molar-refractivity contribution in [2.45, 2.75) is 49.1 Å². The zero-order valence-corrected chi connectivity index (χ0v) is 15.0. The van der Waals surface area contributed by atoms with Gasteiger partial charge in [0.2, 0.25) is 10.0 Å². The third kappa shape index (κ3) is 3.09. The number of fused-ring (bicyclic) bond motifs is 1. The quantitative estimate of drug-likeness (QED) is 0.796. The standard InChI is InChI=1S/C17H20FNO6S/c1-25-17(22)12-7-6-11(18)9-15(12)26(23,24)19-13-5-3-2-4-10(13)8-14(19)16(20)21/h6-7,9-10,13-14H,2-5,8H2,1H3,(H,20,21). The molecule has 1 aromatic carbocycles. The third-order valence-corrected chi connectivity index (χ3v) is 7.19. The minimum Gasteiger partial charge on any atom is -0.480 e. The smallest absolute Gasteiger partial charge is 0.339 e. The minimum atomic E-state index is -4.40. The number of hydrogen-bond donors (Lipinski definition) is 1. The topological polar surface area (TPSA) is 101 Å². The molecule has 0 aromatic heterocycles. The number of carboxylic acids is 1. The van der Waals surface area contributed by atoms with Gasteiger partial charge in [-0.05, 0) is 43.4 Å². The lowest BCUT2D eigenvalue weighted by Gasteiger charge is -2.32. The van der Waals surface area contributed by atoms with E-state index in [9.17, 15) is 27.5 Å². The molecule has 0 radical (unpaired) electrons. The first kappa shape index (κ1) is 18.8. The lowest BCUT2D eigenvalue weighted by Crippen LogP contribution is -2.46. The Balaban J connectivity index is 2.13. The highest BCUT2D eigenvalue weighted by atomic mass is 32.2. The number of nitrogens with zero attached hydrogens (tertiary/aromatic N) is 1. The van der Waals surface area contributed by atoms with Crippen molar-refractivity contribution in [3.8, 4) is 0 Å². The number of ether oxygens (including phenoxy) is 1. The van der Waals surface area contributed by atoms with Crippen LogP contribution in [0.1, 0.15) is 42.5 Å². The van der Waals surface area contributed by atoms with Crippen LogP contribution in [0.4, 0.5) is 4.39 Å². The zero-order chi connectivity index (χ0) is 19.1. The fourth-order valence-corrected chi connectivity index (χ4v) is 6.14. The van der Waals surface area contributed by atoms with Gasteiger partial charge in [-0.2, -0.15) is 4.31 Å². The molecule has 1 heterocycles. The SMILES string of the molecule is COC(=O)c1ccc(F)cc1S(=O)(=O)N1C(C(=O)O)CC2CCCCC21. The summed E-state index contributed by atoms with van der Waals surface area (Å²) in [6.45, 7) is 0. The Labute approximate surface area is 150 Å². The van der Waals surface area contributed by atoms with Crippen molar-refractivity contribution >= 4 is 22.0 Å². The van der Waals surface area contributed by atoms with E-state index < -0.39 is 44.8 Å². The van der Waals surface area contributed by atoms with Gasteiger partial charge in [-0.15, -0.1) is 0 Å². The highest BCUT2D eigenvalue weighted by Gasteiger charge is 2.51. The van der Waals surface area contributed by atoms with Crippen LogP contribution >= 0.6 is 0 Å². The lowest BCUT2D eigenvalue weighted by molar-refractivity contribution is -0.141. The molecule has 142 valence electrons. The maximum absolute atomic E-state index is 13.8. The number of methoxy groups -OCH3 is 1. The Morgan fingerprint density at radius 3 is 2.62 bits per heavy atom. The number of carbonyl (C=O) groups is 2. The van der Waals surface area contributed by atoms with Crippen LogP contribution in [0, 0.1) is 11.7 Å². The summed E-state index contributed by atoms with van der Waals surface area (Å²) < 4.78 is 45.9. The van der Waals surface area contributed by atoms with Crippen molar-refractivity contribution in [2.24, 2.45) is 5.92 Å². The Bertz CT molecular complexity index is 840. The summed E-state index contributed by atoms with van der Waals surface area (Å²) in [5, 5.41) is 9.55. The van der Waals surface area contributed by atoms with Gasteiger partial charge in [-0.3, -0.25) is 4.79 Å². The number of carboxylic acid groups (broad SMARTS) is 1. The first-order valence-corrected chi connectivity index (χ1v) is 9.85. The van der Waals surface area contributed by atoms with Crippen molar-refractivity contribution in [2.75, 3.05) is 7.11 Å². The van der Waals surface area contributed by atoms with Gasteiger partial charge in [-0.25, -0.2) is 17.6 Å². The first-order valence-electron chi connectivity index (χ1n) is 8.41. The van der Waals surface area contributed by atoms with Crippen molar-refractivity contribution in [1.82, 2.24) is 4.31 Å². The number of sulfonamides is 1. The average Bonchev–Trinajstić information content (AvgIpc) is 3.01. The predicted octanol–water partition coefficient (Wildman–Crippen LogP) is 2.02. The van der Waals surface area contributed by atoms with Crippen LogP contribution in [0.3, 0.4) is 0 Å². The fraction of sp³-hybridized carbons (Fsp3) is 0.529. The number of aliphatic carboxylic acids is 1. The molecule has 0 spiro atoms. The van der Waals surface area contributed by atoms with Crippen LogP contribution in [-0.2, 0) is 19.6 Å². The van der Waals surface area contributed by atoms with E-state index in [0.717, 1.165) is 48.9 Å². The molecule has 0 bridgehead atoms. The first-order chi connectivity index (χ1) is 12.3. The molecule has 1 saturated heterocycles. The molecule has 0 amide bonds. The largest absolute Gasteiger partial charge is 0.480 e. The lowest BCUT2D eigenvalue weighted by atomic mass is 9.85. The summed E-state index contributed by atoms with van der Waals surface area (Å²) in [4.78, 5) is 23.1. The van der Waals surface area contributed by atoms with Gasteiger partial charge in [0.05, 0.1) is 17.6 Å². The van der Waals surface area contributed by atoms with E-state index in [1.165, 1.54) is 0 Å². The summed E-state index contributed by atoms with van der Waals surface area (Å²) in [6, 6.07) is 1.08. The second kappa shape index (κ2) is 6.96. The van der Waals surface area contributed by atoms with E-state index >= 15 is 0 Å². The predicted molar refractivity (Wildman–Crippen MR) is 88.6 cm³/mol. The summed E-state index contributed by atoms with van der Waals surface area (Å²) in [6.07, 6.45) is 3.26. The maximum atomic E-state index is 13.8. The van der Waals surface area contributed by atoms with Crippen LogP contribution in [0.2, 0.25) is 0 Å². The Morgan fingerprint density at radius 2 is 1.96 bits per heavy atom. The molecule has 3 rings (SSSR count). The summed E-state index contributed by atoms with van der Waals surface area (Å²) in [5.74, 6) is -3.04. The van der Waals surface area contributed by atoms with E-state index in [4.69, 9.17) is 0 Å². The highest BCUT2D eigenvalue weighted by molar-refractivity contribution is 7.89. The second-order valence-electron chi connectivity index (χ2n) is 6.67. The van der Waals surface area contributed by atoms with Gasteiger partial charge in [0, 0.05) is 6.04 Å². The number of hydrogen-bond acceptors (Lipinski definition) is 5. The van der Waals surface area contributed by atoms with Crippen LogP contribution in [0.15, 0.2) is 23.1 Å². The zero-order valence-electron chi connectivity index (χ0n) is 14.2. The Kier molecular flexibility index (Phi) is 5.03. The van der Waals surface area contributed by atoms with Gasteiger partial charge in [0.25, 0.3) is 0 Å².